The van der Waals surface area contributed by atoms with Gasteiger partial charge in [0.25, 0.3) is 0 Å². The average Bonchev–Trinajstić information content (AvgIpc) is 2.94. The van der Waals surface area contributed by atoms with E-state index in [0.29, 0.717) is 5.06 Å². The monoisotopic (exact) mass is 577 g/mol. The number of aliphatic imine (C=N–C) groups is 1. The van der Waals surface area contributed by atoms with Crippen LogP contribution >= 0.6 is 0 Å². The standard InChI is InChI=1S/C21H35N7O10S/c1-20(2,3)36-17(30)25-16(26-18(31)37-21(4,5)6)23-10-9-14(29)24-15(22)13-8-7-12-11-27(13)19(32)28(12)38-39(33,34)35/h12-13H,7-11H2,1-6H3,(H2,22,24,29)(H,33,34,35)(H2,23,25,26,30,31)/t12-,13+/m1/s1. The molecule has 2 aliphatic heterocycles. The number of amidine groups is 1. The molecule has 0 radical (unpaired) electrons. The number of guanidine groups is 1. The van der Waals surface area contributed by atoms with E-state index < -0.39 is 57.8 Å². The van der Waals surface area contributed by atoms with Gasteiger partial charge < -0.3 is 19.7 Å². The van der Waals surface area contributed by atoms with E-state index in [1.807, 2.05) is 0 Å². The van der Waals surface area contributed by atoms with Crippen LogP contribution in [0.4, 0.5) is 14.4 Å². The van der Waals surface area contributed by atoms with Crippen LogP contribution in [0.5, 0.6) is 0 Å². The summed E-state index contributed by atoms with van der Waals surface area (Å²) in [6, 6.07) is -2.36. The first-order valence-electron chi connectivity index (χ1n) is 11.9. The van der Waals surface area contributed by atoms with E-state index in [0.717, 1.165) is 4.90 Å². The number of piperidine rings is 1. The van der Waals surface area contributed by atoms with Crippen molar-refractivity contribution in [3.8, 4) is 0 Å². The molecular formula is C21H35N7O10S. The first-order chi connectivity index (χ1) is 17.7. The van der Waals surface area contributed by atoms with E-state index in [-0.39, 0.29) is 44.1 Å². The zero-order chi connectivity index (χ0) is 29.8. The summed E-state index contributed by atoms with van der Waals surface area (Å²) in [5.41, 5.74) is -1.65. The maximum atomic E-state index is 12.5. The van der Waals surface area contributed by atoms with Gasteiger partial charge in [-0.1, -0.05) is 0 Å². The molecule has 17 nitrogen and oxygen atoms in total. The highest BCUT2D eigenvalue weighted by Gasteiger charge is 2.48. The van der Waals surface area contributed by atoms with E-state index in [2.05, 4.69) is 25.2 Å². The molecule has 39 heavy (non-hydrogen) atoms. The number of ether oxygens (including phenoxy) is 2. The van der Waals surface area contributed by atoms with Crippen molar-refractivity contribution in [3.63, 3.8) is 0 Å². The van der Waals surface area contributed by atoms with E-state index in [1.165, 1.54) is 0 Å². The third-order valence-electron chi connectivity index (χ3n) is 4.95. The number of hydroxylamine groups is 2. The lowest BCUT2D eigenvalue weighted by Crippen LogP contribution is -2.50. The summed E-state index contributed by atoms with van der Waals surface area (Å²) in [4.78, 5) is 54.4. The Bertz CT molecular complexity index is 1090. The number of hydrogen-bond acceptors (Lipinski definition) is 11. The molecule has 0 aliphatic carbocycles. The molecule has 2 rings (SSSR count). The van der Waals surface area contributed by atoms with E-state index in [4.69, 9.17) is 19.4 Å². The molecule has 0 aromatic rings. The summed E-state index contributed by atoms with van der Waals surface area (Å²) >= 11 is 0. The van der Waals surface area contributed by atoms with Gasteiger partial charge in [-0.3, -0.25) is 30.4 Å². The Kier molecular flexibility index (Phi) is 9.86. The Morgan fingerprint density at radius 3 is 2.05 bits per heavy atom. The normalized spacial score (nSPS) is 19.2. The van der Waals surface area contributed by atoms with Crippen LogP contribution in [-0.4, -0.2) is 95.2 Å². The quantitative estimate of drug-likeness (QED) is 0.170. The smallest absolute Gasteiger partial charge is 0.418 e. The van der Waals surface area contributed by atoms with Gasteiger partial charge in [-0.15, -0.1) is 4.28 Å². The second kappa shape index (κ2) is 12.1. The van der Waals surface area contributed by atoms with Crippen molar-refractivity contribution in [2.45, 2.75) is 84.1 Å². The number of nitrogens with zero attached hydrogens (tertiary/aromatic N) is 3. The molecule has 2 atom stereocenters. The SMILES string of the molecule is CC(C)(C)OC(=O)NC(=NCCC(=O)NC(=N)[C@@H]1CC[C@@H]2CN1C(=O)N2OS(=O)(=O)O)NC(=O)OC(C)(C)C. The van der Waals surface area contributed by atoms with Gasteiger partial charge in [0, 0.05) is 13.0 Å². The number of amides is 5. The minimum atomic E-state index is -4.91. The summed E-state index contributed by atoms with van der Waals surface area (Å²) in [7, 11) is -4.91. The number of hydrogen-bond donors (Lipinski definition) is 5. The van der Waals surface area contributed by atoms with Crippen LogP contribution in [0.3, 0.4) is 0 Å². The Morgan fingerprint density at radius 2 is 1.56 bits per heavy atom. The molecule has 0 aromatic heterocycles. The largest absolute Gasteiger partial charge is 0.444 e. The lowest BCUT2D eigenvalue weighted by Gasteiger charge is -2.30. The predicted molar refractivity (Wildman–Crippen MR) is 135 cm³/mol. The van der Waals surface area contributed by atoms with Crippen LogP contribution in [0.25, 0.3) is 0 Å². The van der Waals surface area contributed by atoms with Crippen LogP contribution in [0, 0.1) is 5.41 Å². The number of fused-ring (bicyclic) bond motifs is 2. The molecule has 2 bridgehead atoms. The van der Waals surface area contributed by atoms with Crippen molar-refractivity contribution in [1.29, 1.82) is 5.41 Å². The first-order valence-corrected chi connectivity index (χ1v) is 13.3. The lowest BCUT2D eigenvalue weighted by molar-refractivity contribution is -0.119. The van der Waals surface area contributed by atoms with Gasteiger partial charge in [0.15, 0.2) is 0 Å². The maximum absolute atomic E-state index is 12.5. The van der Waals surface area contributed by atoms with Crippen LogP contribution in [-0.2, 0) is 29.0 Å². The van der Waals surface area contributed by atoms with Gasteiger partial charge in [0.2, 0.25) is 11.9 Å². The molecule has 2 saturated heterocycles. The fourth-order valence-corrected chi connectivity index (χ4v) is 4.00. The maximum Gasteiger partial charge on any atom is 0.418 e. The number of rotatable bonds is 6. The molecule has 0 saturated carbocycles. The van der Waals surface area contributed by atoms with Gasteiger partial charge in [-0.05, 0) is 54.4 Å². The van der Waals surface area contributed by atoms with Crippen molar-refractivity contribution in [1.82, 2.24) is 25.9 Å². The second-order valence-electron chi connectivity index (χ2n) is 10.7. The second-order valence-corrected chi connectivity index (χ2v) is 11.7. The molecule has 0 spiro atoms. The Balaban J connectivity index is 1.97. The van der Waals surface area contributed by atoms with Crippen molar-refractivity contribution in [2.75, 3.05) is 13.1 Å². The molecule has 2 fully saturated rings. The summed E-state index contributed by atoms with van der Waals surface area (Å²) in [6.45, 7) is 9.69. The van der Waals surface area contributed by atoms with Crippen LogP contribution < -0.4 is 16.0 Å². The first kappa shape index (κ1) is 31.7. The van der Waals surface area contributed by atoms with Crippen LogP contribution in [0.15, 0.2) is 4.99 Å². The Hall–Kier alpha value is -3.51. The number of alkyl carbamates (subject to hydrolysis) is 2. The summed E-state index contributed by atoms with van der Waals surface area (Å²) in [6.07, 6.45) is -1.56. The van der Waals surface area contributed by atoms with Crippen molar-refractivity contribution >= 4 is 46.3 Å². The number of carbonyl (C=O) groups excluding carboxylic acids is 4. The number of urea groups is 1. The van der Waals surface area contributed by atoms with Crippen LogP contribution in [0.2, 0.25) is 0 Å². The van der Waals surface area contributed by atoms with Crippen molar-refractivity contribution < 1.29 is 45.9 Å². The number of carbonyl (C=O) groups is 4. The Labute approximate surface area is 226 Å². The van der Waals surface area contributed by atoms with Gasteiger partial charge >= 0.3 is 28.6 Å². The molecule has 0 aromatic carbocycles. The lowest BCUT2D eigenvalue weighted by atomic mass is 10.00. The van der Waals surface area contributed by atoms with Crippen molar-refractivity contribution in [3.05, 3.63) is 0 Å². The van der Waals surface area contributed by atoms with Gasteiger partial charge in [-0.25, -0.2) is 14.4 Å². The number of nitrogens with one attached hydrogen (secondary N) is 4. The molecule has 5 amide bonds. The highest BCUT2D eigenvalue weighted by Crippen LogP contribution is 2.30. The molecule has 2 aliphatic rings. The van der Waals surface area contributed by atoms with Gasteiger partial charge in [-0.2, -0.15) is 13.5 Å². The van der Waals surface area contributed by atoms with E-state index >= 15 is 0 Å². The van der Waals surface area contributed by atoms with Crippen molar-refractivity contribution in [2.24, 2.45) is 4.99 Å². The fourth-order valence-electron chi connectivity index (χ4n) is 3.61. The molecule has 220 valence electrons. The summed E-state index contributed by atoms with van der Waals surface area (Å²) in [5.74, 6) is -1.26. The fraction of sp³-hybridized carbons (Fsp3) is 0.714. The highest BCUT2D eigenvalue weighted by molar-refractivity contribution is 7.80. The minimum absolute atomic E-state index is 0.0393. The third-order valence-corrected chi connectivity index (χ3v) is 5.30. The Morgan fingerprint density at radius 1 is 1.03 bits per heavy atom. The zero-order valence-corrected chi connectivity index (χ0v) is 23.4. The predicted octanol–water partition coefficient (Wildman–Crippen LogP) is 0.878. The highest BCUT2D eigenvalue weighted by atomic mass is 32.3. The van der Waals surface area contributed by atoms with E-state index in [9.17, 15) is 27.6 Å². The zero-order valence-electron chi connectivity index (χ0n) is 22.6. The average molecular weight is 578 g/mol. The molecule has 2 heterocycles. The van der Waals surface area contributed by atoms with Crippen LogP contribution in [0.1, 0.15) is 60.8 Å². The topological polar surface area (TPSA) is 229 Å². The molecular weight excluding hydrogens is 542 g/mol. The minimum Gasteiger partial charge on any atom is -0.444 e. The summed E-state index contributed by atoms with van der Waals surface area (Å²) < 4.78 is 45.6. The molecule has 18 heteroatoms. The van der Waals surface area contributed by atoms with E-state index in [1.54, 1.807) is 41.5 Å². The third kappa shape index (κ3) is 10.6. The molecule has 5 N–H and O–H groups in total. The summed E-state index contributed by atoms with van der Waals surface area (Å²) in [5, 5.41) is 15.7. The van der Waals surface area contributed by atoms with Gasteiger partial charge in [0.05, 0.1) is 18.6 Å². The molecule has 0 unspecified atom stereocenters. The van der Waals surface area contributed by atoms with Gasteiger partial charge in [0.1, 0.15) is 17.0 Å².